The first-order chi connectivity index (χ1) is 6.16. The van der Waals surface area contributed by atoms with Gasteiger partial charge >= 0.3 is 0 Å². The van der Waals surface area contributed by atoms with Crippen LogP contribution in [0.4, 0.5) is 0 Å². The monoisotopic (exact) mass is 310 g/mol. The van der Waals surface area contributed by atoms with Gasteiger partial charge in [0.1, 0.15) is 5.75 Å². The van der Waals surface area contributed by atoms with Gasteiger partial charge in [0, 0.05) is 5.02 Å². The Morgan fingerprint density at radius 2 is 2.15 bits per heavy atom. The molecule has 0 unspecified atom stereocenters. The van der Waals surface area contributed by atoms with E-state index in [1.54, 1.807) is 12.1 Å². The zero-order chi connectivity index (χ0) is 9.84. The predicted octanol–water partition coefficient (Wildman–Crippen LogP) is 3.99. The van der Waals surface area contributed by atoms with Crippen LogP contribution in [0.2, 0.25) is 5.02 Å². The van der Waals surface area contributed by atoms with Gasteiger partial charge in [-0.15, -0.1) is 0 Å². The van der Waals surface area contributed by atoms with Crippen LogP contribution in [0, 0.1) is 3.57 Å². The highest BCUT2D eigenvalue weighted by atomic mass is 127. The quantitative estimate of drug-likeness (QED) is 0.837. The normalized spacial score (nSPS) is 10.4. The summed E-state index contributed by atoms with van der Waals surface area (Å²) < 4.78 is 0.888. The third-order valence-electron chi connectivity index (χ3n) is 1.95. The van der Waals surface area contributed by atoms with Crippen LogP contribution in [-0.2, 0) is 6.42 Å². The molecule has 1 aromatic rings. The molecule has 0 aliphatic rings. The first kappa shape index (κ1) is 11.1. The lowest BCUT2D eigenvalue weighted by atomic mass is 10.1. The summed E-state index contributed by atoms with van der Waals surface area (Å²) in [4.78, 5) is 0. The van der Waals surface area contributed by atoms with Gasteiger partial charge in [-0.05, 0) is 53.1 Å². The number of halogens is 2. The molecule has 0 radical (unpaired) electrons. The largest absolute Gasteiger partial charge is 0.507 e. The third-order valence-corrected chi connectivity index (χ3v) is 3.50. The Kier molecular flexibility index (Phi) is 4.32. The minimum atomic E-state index is 0.330. The molecule has 13 heavy (non-hydrogen) atoms. The van der Waals surface area contributed by atoms with Gasteiger partial charge in [-0.25, -0.2) is 0 Å². The molecule has 0 heterocycles. The summed E-state index contributed by atoms with van der Waals surface area (Å²) in [5.41, 5.74) is 1.07. The maximum atomic E-state index is 9.46. The van der Waals surface area contributed by atoms with Crippen LogP contribution < -0.4 is 0 Å². The Morgan fingerprint density at radius 3 is 2.77 bits per heavy atom. The average molecular weight is 311 g/mol. The van der Waals surface area contributed by atoms with Crippen molar-refractivity contribution in [1.82, 2.24) is 0 Å². The standard InChI is InChI=1S/C10H12ClIO/c1-2-3-4-7-8(11)5-6-9(13)10(7)12/h5-6,13H,2-4H2,1H3. The molecule has 0 saturated carbocycles. The highest BCUT2D eigenvalue weighted by Crippen LogP contribution is 2.30. The van der Waals surface area contributed by atoms with E-state index in [0.29, 0.717) is 5.75 Å². The molecule has 0 bridgehead atoms. The van der Waals surface area contributed by atoms with Crippen LogP contribution in [0.1, 0.15) is 25.3 Å². The van der Waals surface area contributed by atoms with Crippen LogP contribution in [0.25, 0.3) is 0 Å². The second kappa shape index (κ2) is 5.05. The van der Waals surface area contributed by atoms with E-state index in [1.807, 2.05) is 0 Å². The molecule has 0 aliphatic heterocycles. The molecule has 0 aromatic heterocycles. The lowest BCUT2D eigenvalue weighted by Crippen LogP contribution is -1.91. The molecule has 0 spiro atoms. The second-order valence-corrected chi connectivity index (χ2v) is 4.45. The lowest BCUT2D eigenvalue weighted by molar-refractivity contribution is 0.470. The van der Waals surface area contributed by atoms with Gasteiger partial charge < -0.3 is 5.11 Å². The van der Waals surface area contributed by atoms with Crippen molar-refractivity contribution in [2.24, 2.45) is 0 Å². The van der Waals surface area contributed by atoms with Crippen molar-refractivity contribution in [2.45, 2.75) is 26.2 Å². The number of phenolic OH excluding ortho intramolecular Hbond substituents is 1. The minimum Gasteiger partial charge on any atom is -0.507 e. The molecule has 0 amide bonds. The number of hydrogen-bond donors (Lipinski definition) is 1. The summed E-state index contributed by atoms with van der Waals surface area (Å²) in [6.45, 7) is 2.14. The number of rotatable bonds is 3. The molecular formula is C10H12ClIO. The van der Waals surface area contributed by atoms with E-state index in [0.717, 1.165) is 33.4 Å². The first-order valence-corrected chi connectivity index (χ1v) is 5.78. The Hall–Kier alpha value is 0.0400. The molecule has 0 atom stereocenters. The van der Waals surface area contributed by atoms with E-state index >= 15 is 0 Å². The highest BCUT2D eigenvalue weighted by Gasteiger charge is 2.08. The van der Waals surface area contributed by atoms with Gasteiger partial charge in [0.15, 0.2) is 0 Å². The van der Waals surface area contributed by atoms with Crippen LogP contribution in [0.15, 0.2) is 12.1 Å². The van der Waals surface area contributed by atoms with E-state index in [-0.39, 0.29) is 0 Å². The van der Waals surface area contributed by atoms with E-state index in [4.69, 9.17) is 11.6 Å². The van der Waals surface area contributed by atoms with Crippen molar-refractivity contribution < 1.29 is 5.11 Å². The van der Waals surface area contributed by atoms with Crippen molar-refractivity contribution in [1.29, 1.82) is 0 Å². The first-order valence-electron chi connectivity index (χ1n) is 4.32. The number of hydrogen-bond acceptors (Lipinski definition) is 1. The topological polar surface area (TPSA) is 20.2 Å². The van der Waals surface area contributed by atoms with Crippen molar-refractivity contribution in [3.63, 3.8) is 0 Å². The molecule has 1 aromatic carbocycles. The summed E-state index contributed by atoms with van der Waals surface area (Å²) in [5.74, 6) is 0.330. The third kappa shape index (κ3) is 2.74. The fourth-order valence-corrected chi connectivity index (χ4v) is 2.32. The Morgan fingerprint density at radius 1 is 1.46 bits per heavy atom. The van der Waals surface area contributed by atoms with Crippen molar-refractivity contribution >= 4 is 34.2 Å². The van der Waals surface area contributed by atoms with E-state index in [2.05, 4.69) is 29.5 Å². The maximum absolute atomic E-state index is 9.46. The Bertz CT molecular complexity index is 299. The van der Waals surface area contributed by atoms with Crippen LogP contribution >= 0.6 is 34.2 Å². The number of phenols is 1. The van der Waals surface area contributed by atoms with Crippen LogP contribution in [-0.4, -0.2) is 5.11 Å². The SMILES string of the molecule is CCCCc1c(Cl)ccc(O)c1I. The number of unbranched alkanes of at least 4 members (excludes halogenated alkanes) is 1. The van der Waals surface area contributed by atoms with Crippen molar-refractivity contribution in [2.75, 3.05) is 0 Å². The molecule has 3 heteroatoms. The summed E-state index contributed by atoms with van der Waals surface area (Å²) in [6.07, 6.45) is 3.20. The highest BCUT2D eigenvalue weighted by molar-refractivity contribution is 14.1. The van der Waals surface area contributed by atoms with E-state index in [1.165, 1.54) is 0 Å². The van der Waals surface area contributed by atoms with Gasteiger partial charge in [-0.3, -0.25) is 0 Å². The fraction of sp³-hybridized carbons (Fsp3) is 0.400. The molecule has 72 valence electrons. The van der Waals surface area contributed by atoms with E-state index < -0.39 is 0 Å². The van der Waals surface area contributed by atoms with Crippen LogP contribution in [0.3, 0.4) is 0 Å². The molecule has 0 saturated heterocycles. The Balaban J connectivity index is 2.96. The van der Waals surface area contributed by atoms with Gasteiger partial charge in [-0.2, -0.15) is 0 Å². The lowest BCUT2D eigenvalue weighted by Gasteiger charge is -2.07. The minimum absolute atomic E-state index is 0.330. The zero-order valence-electron chi connectivity index (χ0n) is 7.48. The molecule has 1 nitrogen and oxygen atoms in total. The van der Waals surface area contributed by atoms with E-state index in [9.17, 15) is 5.11 Å². The molecule has 0 fully saturated rings. The van der Waals surface area contributed by atoms with Crippen molar-refractivity contribution in [3.05, 3.63) is 26.3 Å². The molecule has 1 N–H and O–H groups in total. The summed E-state index contributed by atoms with van der Waals surface area (Å²) in [5, 5.41) is 10.2. The summed E-state index contributed by atoms with van der Waals surface area (Å²) >= 11 is 8.16. The van der Waals surface area contributed by atoms with Gasteiger partial charge in [0.05, 0.1) is 3.57 Å². The van der Waals surface area contributed by atoms with Crippen LogP contribution in [0.5, 0.6) is 5.75 Å². The van der Waals surface area contributed by atoms with Gasteiger partial charge in [0.2, 0.25) is 0 Å². The number of benzene rings is 1. The van der Waals surface area contributed by atoms with Gasteiger partial charge in [-0.1, -0.05) is 24.9 Å². The number of aromatic hydroxyl groups is 1. The Labute approximate surface area is 97.3 Å². The second-order valence-electron chi connectivity index (χ2n) is 2.96. The smallest absolute Gasteiger partial charge is 0.129 e. The van der Waals surface area contributed by atoms with Crippen molar-refractivity contribution in [3.8, 4) is 5.75 Å². The summed E-state index contributed by atoms with van der Waals surface area (Å²) in [6, 6.07) is 3.39. The predicted molar refractivity (Wildman–Crippen MR) is 64.4 cm³/mol. The fourth-order valence-electron chi connectivity index (χ4n) is 1.17. The zero-order valence-corrected chi connectivity index (χ0v) is 10.4. The summed E-state index contributed by atoms with van der Waals surface area (Å²) in [7, 11) is 0. The maximum Gasteiger partial charge on any atom is 0.129 e. The van der Waals surface area contributed by atoms with Gasteiger partial charge in [0.25, 0.3) is 0 Å². The molecule has 0 aliphatic carbocycles. The average Bonchev–Trinajstić information content (AvgIpc) is 2.12. The molecular weight excluding hydrogens is 298 g/mol. The molecule has 1 rings (SSSR count).